The Morgan fingerprint density at radius 1 is 1.24 bits per heavy atom. The molecule has 1 amide bonds. The topological polar surface area (TPSA) is 123 Å². The molecule has 0 saturated carbocycles. The second kappa shape index (κ2) is 10.7. The number of rotatable bonds is 7. The summed E-state index contributed by atoms with van der Waals surface area (Å²) in [7, 11) is -3.39. The summed E-state index contributed by atoms with van der Waals surface area (Å²) in [5.74, 6) is -0.408. The van der Waals surface area contributed by atoms with Crippen molar-refractivity contribution in [2.45, 2.75) is 4.90 Å². The molecule has 0 bridgehead atoms. The Labute approximate surface area is 206 Å². The number of halogens is 1. The van der Waals surface area contributed by atoms with Gasteiger partial charge in [0, 0.05) is 50.1 Å². The first-order valence-corrected chi connectivity index (χ1v) is 12.9. The molecular formula is C21H23ClN4O6S2. The summed E-state index contributed by atoms with van der Waals surface area (Å²) < 4.78 is 29.9. The molecule has 0 aliphatic carbocycles. The Bertz CT molecular complexity index is 1310. The molecule has 0 unspecified atom stereocenters. The minimum atomic E-state index is -3.39. The maximum atomic E-state index is 13.4. The maximum absolute atomic E-state index is 13.4. The molecule has 2 heterocycles. The summed E-state index contributed by atoms with van der Waals surface area (Å²) in [5.41, 5.74) is 0.587. The van der Waals surface area contributed by atoms with Crippen LogP contribution in [0.4, 0.5) is 10.8 Å². The van der Waals surface area contributed by atoms with Gasteiger partial charge >= 0.3 is 0 Å². The van der Waals surface area contributed by atoms with E-state index in [-0.39, 0.29) is 28.6 Å². The molecule has 1 aliphatic rings. The SMILES string of the molecule is CS(=O)(=O)c1ccc2nc(N(CCN3CCOCC3)C(=O)c3cccc([N+](=O)[O-])c3)sc2c1.Cl. The van der Waals surface area contributed by atoms with Crippen LogP contribution < -0.4 is 4.90 Å². The van der Waals surface area contributed by atoms with E-state index >= 15 is 0 Å². The number of sulfone groups is 1. The second-order valence-corrected chi connectivity index (χ2v) is 10.6. The van der Waals surface area contributed by atoms with Crippen molar-refractivity contribution in [1.82, 2.24) is 9.88 Å². The van der Waals surface area contributed by atoms with Crippen molar-refractivity contribution in [1.29, 1.82) is 0 Å². The number of nitro benzene ring substituents is 1. The fourth-order valence-corrected chi connectivity index (χ4v) is 5.25. The van der Waals surface area contributed by atoms with E-state index in [1.807, 2.05) is 0 Å². The molecule has 13 heteroatoms. The number of anilines is 1. The molecule has 0 atom stereocenters. The van der Waals surface area contributed by atoms with E-state index in [0.29, 0.717) is 41.7 Å². The minimum Gasteiger partial charge on any atom is -0.379 e. The first kappa shape index (κ1) is 26.0. The highest BCUT2D eigenvalue weighted by Crippen LogP contribution is 2.31. The fourth-order valence-electron chi connectivity index (χ4n) is 3.50. The Balaban J connectivity index is 0.00000324. The van der Waals surface area contributed by atoms with Gasteiger partial charge in [-0.3, -0.25) is 24.7 Å². The molecule has 4 rings (SSSR count). The van der Waals surface area contributed by atoms with Gasteiger partial charge < -0.3 is 4.74 Å². The summed E-state index contributed by atoms with van der Waals surface area (Å²) in [6.45, 7) is 3.63. The number of aromatic nitrogens is 1. The zero-order chi connectivity index (χ0) is 23.6. The van der Waals surface area contributed by atoms with Crippen LogP contribution in [0, 0.1) is 10.1 Å². The zero-order valence-corrected chi connectivity index (χ0v) is 20.7. The van der Waals surface area contributed by atoms with Crippen molar-refractivity contribution >= 4 is 60.5 Å². The van der Waals surface area contributed by atoms with Crippen LogP contribution in [0.25, 0.3) is 10.2 Å². The molecule has 10 nitrogen and oxygen atoms in total. The van der Waals surface area contributed by atoms with E-state index in [1.54, 1.807) is 12.1 Å². The summed E-state index contributed by atoms with van der Waals surface area (Å²) in [6, 6.07) is 10.2. The highest BCUT2D eigenvalue weighted by atomic mass is 35.5. The lowest BCUT2D eigenvalue weighted by molar-refractivity contribution is -0.384. The average molecular weight is 527 g/mol. The van der Waals surface area contributed by atoms with Crippen LogP contribution in [-0.2, 0) is 14.6 Å². The number of amides is 1. The second-order valence-electron chi connectivity index (χ2n) is 7.62. The number of carbonyl (C=O) groups is 1. The van der Waals surface area contributed by atoms with Crippen LogP contribution in [0.2, 0.25) is 0 Å². The van der Waals surface area contributed by atoms with Crippen LogP contribution in [0.3, 0.4) is 0 Å². The number of ether oxygens (including phenoxy) is 1. The number of hydrogen-bond donors (Lipinski definition) is 0. The van der Waals surface area contributed by atoms with Crippen LogP contribution in [0.5, 0.6) is 0 Å². The molecule has 0 radical (unpaired) electrons. The van der Waals surface area contributed by atoms with Gasteiger partial charge in [-0.1, -0.05) is 17.4 Å². The van der Waals surface area contributed by atoms with Crippen LogP contribution in [0.15, 0.2) is 47.4 Å². The number of nitrogens with zero attached hydrogens (tertiary/aromatic N) is 4. The van der Waals surface area contributed by atoms with Crippen LogP contribution in [0.1, 0.15) is 10.4 Å². The van der Waals surface area contributed by atoms with Crippen LogP contribution in [-0.4, -0.2) is 74.8 Å². The first-order valence-electron chi connectivity index (χ1n) is 10.2. The monoisotopic (exact) mass is 526 g/mol. The third kappa shape index (κ3) is 5.88. The van der Waals surface area contributed by atoms with Gasteiger partial charge in [-0.15, -0.1) is 12.4 Å². The number of nitro groups is 1. The fraction of sp³-hybridized carbons (Fsp3) is 0.333. The van der Waals surface area contributed by atoms with Gasteiger partial charge in [0.2, 0.25) is 0 Å². The van der Waals surface area contributed by atoms with Crippen molar-refractivity contribution in [3.05, 3.63) is 58.1 Å². The number of hydrogen-bond acceptors (Lipinski definition) is 9. The first-order chi connectivity index (χ1) is 15.7. The molecular weight excluding hydrogens is 504 g/mol. The number of non-ortho nitro benzene ring substituents is 1. The molecule has 1 saturated heterocycles. The lowest BCUT2D eigenvalue weighted by atomic mass is 10.2. The number of thiazole rings is 1. The highest BCUT2D eigenvalue weighted by molar-refractivity contribution is 7.90. The lowest BCUT2D eigenvalue weighted by Crippen LogP contribution is -2.43. The standard InChI is InChI=1S/C21H22N4O6S2.ClH/c1-33(29,30)17-5-6-18-19(14-17)32-21(22-18)24(8-7-23-9-11-31-12-10-23)20(26)15-3-2-4-16(13-15)25(27)28;/h2-6,13-14H,7-12H2,1H3;1H. The third-order valence-corrected chi connectivity index (χ3v) is 7.45. The Morgan fingerprint density at radius 3 is 2.65 bits per heavy atom. The van der Waals surface area contributed by atoms with Gasteiger partial charge in [0.15, 0.2) is 15.0 Å². The van der Waals surface area contributed by atoms with Crippen molar-refractivity contribution in [3.63, 3.8) is 0 Å². The Kier molecular flexibility index (Phi) is 8.21. The quantitative estimate of drug-likeness (QED) is 0.340. The van der Waals surface area contributed by atoms with Gasteiger partial charge in [-0.25, -0.2) is 13.4 Å². The average Bonchev–Trinajstić information content (AvgIpc) is 3.22. The predicted octanol–water partition coefficient (Wildman–Crippen LogP) is 3.01. The smallest absolute Gasteiger partial charge is 0.270 e. The number of carbonyl (C=O) groups excluding carboxylic acids is 1. The highest BCUT2D eigenvalue weighted by Gasteiger charge is 2.24. The summed E-state index contributed by atoms with van der Waals surface area (Å²) in [4.78, 5) is 32.5. The molecule has 0 N–H and O–H groups in total. The summed E-state index contributed by atoms with van der Waals surface area (Å²) in [5, 5.41) is 11.6. The predicted molar refractivity (Wildman–Crippen MR) is 132 cm³/mol. The number of morpholine rings is 1. The minimum absolute atomic E-state index is 0. The van der Waals surface area contributed by atoms with E-state index in [9.17, 15) is 23.3 Å². The Hall–Kier alpha value is -2.64. The Morgan fingerprint density at radius 2 is 1.97 bits per heavy atom. The molecule has 34 heavy (non-hydrogen) atoms. The number of benzene rings is 2. The van der Waals surface area contributed by atoms with Gasteiger partial charge in [-0.2, -0.15) is 0 Å². The number of fused-ring (bicyclic) bond motifs is 1. The van der Waals surface area contributed by atoms with Crippen molar-refractivity contribution in [2.24, 2.45) is 0 Å². The molecule has 182 valence electrons. The maximum Gasteiger partial charge on any atom is 0.270 e. The van der Waals surface area contributed by atoms with Crippen molar-refractivity contribution in [2.75, 3.05) is 50.5 Å². The molecule has 3 aromatic rings. The largest absolute Gasteiger partial charge is 0.379 e. The summed E-state index contributed by atoms with van der Waals surface area (Å²) in [6.07, 6.45) is 1.14. The normalized spacial score (nSPS) is 14.5. The van der Waals surface area contributed by atoms with Gasteiger partial charge in [0.25, 0.3) is 11.6 Å². The summed E-state index contributed by atoms with van der Waals surface area (Å²) >= 11 is 1.21. The molecule has 1 fully saturated rings. The van der Waals surface area contributed by atoms with Gasteiger partial charge in [0.05, 0.1) is 33.2 Å². The van der Waals surface area contributed by atoms with Crippen molar-refractivity contribution in [3.8, 4) is 0 Å². The molecule has 2 aromatic carbocycles. The van der Waals surface area contributed by atoms with Gasteiger partial charge in [0.1, 0.15) is 0 Å². The lowest BCUT2D eigenvalue weighted by Gasteiger charge is -2.29. The molecule has 1 aromatic heterocycles. The van der Waals surface area contributed by atoms with E-state index < -0.39 is 20.7 Å². The van der Waals surface area contributed by atoms with Crippen molar-refractivity contribution < 1.29 is 22.9 Å². The zero-order valence-electron chi connectivity index (χ0n) is 18.2. The van der Waals surface area contributed by atoms with Crippen LogP contribution >= 0.6 is 23.7 Å². The van der Waals surface area contributed by atoms with E-state index in [4.69, 9.17) is 4.74 Å². The van der Waals surface area contributed by atoms with Gasteiger partial charge in [-0.05, 0) is 24.3 Å². The van der Waals surface area contributed by atoms with E-state index in [2.05, 4.69) is 9.88 Å². The molecule has 1 aliphatic heterocycles. The van der Waals surface area contributed by atoms with E-state index in [0.717, 1.165) is 19.3 Å². The molecule has 0 spiro atoms. The third-order valence-electron chi connectivity index (χ3n) is 5.30. The van der Waals surface area contributed by atoms with E-state index in [1.165, 1.54) is 46.6 Å².